The lowest BCUT2D eigenvalue weighted by Gasteiger charge is -2.08. The molecule has 1 aromatic heterocycles. The Morgan fingerprint density at radius 2 is 2.35 bits per heavy atom. The quantitative estimate of drug-likeness (QED) is 0.911. The van der Waals surface area contributed by atoms with Gasteiger partial charge in [0.05, 0.1) is 0 Å². The van der Waals surface area contributed by atoms with Crippen LogP contribution in [0, 0.1) is 0 Å². The Labute approximate surface area is 113 Å². The molecule has 1 unspecified atom stereocenters. The number of nitrogens with two attached hydrogens (primary N) is 1. The fourth-order valence-corrected chi connectivity index (χ4v) is 2.95. The van der Waals surface area contributed by atoms with Crippen LogP contribution in [0.25, 0.3) is 0 Å². The summed E-state index contributed by atoms with van der Waals surface area (Å²) in [6.07, 6.45) is 4.46. The number of hydrogen-bond acceptors (Lipinski definition) is 3. The van der Waals surface area contributed by atoms with Crippen molar-refractivity contribution in [3.63, 3.8) is 0 Å². The molecule has 17 heavy (non-hydrogen) atoms. The first-order valence-corrected chi connectivity index (χ1v) is 6.97. The summed E-state index contributed by atoms with van der Waals surface area (Å²) in [5.74, 6) is 0. The normalized spacial score (nSPS) is 12.6. The molecule has 2 rings (SSSR count). The van der Waals surface area contributed by atoms with Crippen molar-refractivity contribution in [2.75, 3.05) is 0 Å². The van der Waals surface area contributed by atoms with E-state index in [1.54, 1.807) is 18.0 Å². The lowest BCUT2D eigenvalue weighted by atomic mass is 10.1. The van der Waals surface area contributed by atoms with Crippen LogP contribution in [0.3, 0.4) is 0 Å². The molecule has 1 atom stereocenters. The lowest BCUT2D eigenvalue weighted by Crippen LogP contribution is -2.17. The maximum atomic E-state index is 5.79. The van der Waals surface area contributed by atoms with Crippen molar-refractivity contribution < 1.29 is 0 Å². The second-order valence-corrected chi connectivity index (χ2v) is 5.83. The summed E-state index contributed by atoms with van der Waals surface area (Å²) in [6.45, 7) is 2.01. The third kappa shape index (κ3) is 3.59. The van der Waals surface area contributed by atoms with Crippen LogP contribution >= 0.6 is 27.7 Å². The van der Waals surface area contributed by atoms with E-state index in [1.165, 1.54) is 5.56 Å². The predicted molar refractivity (Wildman–Crippen MR) is 74.2 cm³/mol. The largest absolute Gasteiger partial charge is 0.339 e. The monoisotopic (exact) mass is 311 g/mol. The number of rotatable bonds is 4. The van der Waals surface area contributed by atoms with Crippen molar-refractivity contribution in [2.45, 2.75) is 29.4 Å². The van der Waals surface area contributed by atoms with Gasteiger partial charge in [0.15, 0.2) is 5.16 Å². The van der Waals surface area contributed by atoms with Gasteiger partial charge in [-0.1, -0.05) is 17.8 Å². The summed E-state index contributed by atoms with van der Waals surface area (Å²) in [5, 5.41) is 0.894. The van der Waals surface area contributed by atoms with E-state index in [1.807, 2.05) is 13.1 Å². The highest BCUT2D eigenvalue weighted by Gasteiger charge is 2.06. The third-order valence-electron chi connectivity index (χ3n) is 2.23. The Morgan fingerprint density at radius 1 is 1.53 bits per heavy atom. The Kier molecular flexibility index (Phi) is 4.25. The van der Waals surface area contributed by atoms with Gasteiger partial charge in [-0.05, 0) is 47.0 Å². The van der Waals surface area contributed by atoms with Crippen LogP contribution in [0.2, 0.25) is 0 Å². The number of aromatic amines is 1. The molecule has 5 heteroatoms. The van der Waals surface area contributed by atoms with E-state index in [0.29, 0.717) is 0 Å². The molecular formula is C12H14BrN3S. The summed E-state index contributed by atoms with van der Waals surface area (Å²) >= 11 is 5.18. The van der Waals surface area contributed by atoms with Gasteiger partial charge in [0.1, 0.15) is 0 Å². The molecule has 0 radical (unpaired) electrons. The van der Waals surface area contributed by atoms with E-state index < -0.39 is 0 Å². The number of nitrogens with one attached hydrogen (secondary N) is 1. The van der Waals surface area contributed by atoms with Gasteiger partial charge in [-0.25, -0.2) is 4.98 Å². The highest BCUT2D eigenvalue weighted by atomic mass is 79.9. The SMILES string of the molecule is CC(N)Cc1ccc(Sc2ncc[nH]2)c(Br)c1. The fraction of sp³-hybridized carbons (Fsp3) is 0.250. The molecule has 0 saturated carbocycles. The molecular weight excluding hydrogens is 298 g/mol. The van der Waals surface area contributed by atoms with Crippen LogP contribution in [0.4, 0.5) is 0 Å². The van der Waals surface area contributed by atoms with Crippen molar-refractivity contribution >= 4 is 27.7 Å². The third-order valence-corrected chi connectivity index (χ3v) is 4.14. The minimum atomic E-state index is 0.186. The predicted octanol–water partition coefficient (Wildman–Crippen LogP) is 3.21. The number of hydrogen-bond donors (Lipinski definition) is 2. The Balaban J connectivity index is 2.14. The first-order valence-electron chi connectivity index (χ1n) is 5.36. The number of H-pyrrole nitrogens is 1. The highest BCUT2D eigenvalue weighted by molar-refractivity contribution is 9.10. The van der Waals surface area contributed by atoms with Gasteiger partial charge >= 0.3 is 0 Å². The molecule has 0 aliphatic heterocycles. The molecule has 0 aliphatic carbocycles. The molecule has 0 spiro atoms. The van der Waals surface area contributed by atoms with Crippen molar-refractivity contribution in [1.82, 2.24) is 9.97 Å². The maximum Gasteiger partial charge on any atom is 0.170 e. The molecule has 1 heterocycles. The van der Waals surface area contributed by atoms with Crippen molar-refractivity contribution in [3.05, 3.63) is 40.6 Å². The molecule has 90 valence electrons. The Morgan fingerprint density at radius 3 is 2.94 bits per heavy atom. The van der Waals surface area contributed by atoms with Gasteiger partial charge in [0.2, 0.25) is 0 Å². The van der Waals surface area contributed by atoms with Crippen molar-refractivity contribution in [2.24, 2.45) is 5.73 Å². The van der Waals surface area contributed by atoms with Gasteiger partial charge in [-0.15, -0.1) is 0 Å². The molecule has 2 aromatic rings. The molecule has 3 nitrogen and oxygen atoms in total. The van der Waals surface area contributed by atoms with Gasteiger partial charge in [-0.2, -0.15) is 0 Å². The average molecular weight is 312 g/mol. The van der Waals surface area contributed by atoms with E-state index in [0.717, 1.165) is 20.9 Å². The van der Waals surface area contributed by atoms with Gasteiger partial charge < -0.3 is 10.7 Å². The summed E-state index contributed by atoms with van der Waals surface area (Å²) in [5.41, 5.74) is 7.03. The molecule has 0 amide bonds. The van der Waals surface area contributed by atoms with Crippen LogP contribution in [0.1, 0.15) is 12.5 Å². The maximum absolute atomic E-state index is 5.79. The van der Waals surface area contributed by atoms with Crippen molar-refractivity contribution in [3.8, 4) is 0 Å². The first kappa shape index (κ1) is 12.7. The average Bonchev–Trinajstić information content (AvgIpc) is 2.74. The van der Waals surface area contributed by atoms with Gasteiger partial charge in [0, 0.05) is 27.8 Å². The smallest absolute Gasteiger partial charge is 0.170 e. The summed E-state index contributed by atoms with van der Waals surface area (Å²) in [7, 11) is 0. The number of imidazole rings is 1. The fourth-order valence-electron chi connectivity index (χ4n) is 1.54. The first-order chi connectivity index (χ1) is 8.15. The van der Waals surface area contributed by atoms with E-state index in [-0.39, 0.29) is 6.04 Å². The molecule has 3 N–H and O–H groups in total. The Hall–Kier alpha value is -0.780. The molecule has 0 fully saturated rings. The van der Waals surface area contributed by atoms with Crippen LogP contribution in [-0.2, 0) is 6.42 Å². The number of halogens is 1. The van der Waals surface area contributed by atoms with E-state index in [4.69, 9.17) is 5.73 Å². The molecule has 0 aliphatic rings. The number of benzene rings is 1. The highest BCUT2D eigenvalue weighted by Crippen LogP contribution is 2.32. The van der Waals surface area contributed by atoms with Crippen LogP contribution in [0.5, 0.6) is 0 Å². The second kappa shape index (κ2) is 5.71. The minimum Gasteiger partial charge on any atom is -0.339 e. The Bertz CT molecular complexity index is 483. The molecule has 0 bridgehead atoms. The van der Waals surface area contributed by atoms with Crippen LogP contribution < -0.4 is 5.73 Å². The topological polar surface area (TPSA) is 54.7 Å². The van der Waals surface area contributed by atoms with Crippen LogP contribution in [-0.4, -0.2) is 16.0 Å². The van der Waals surface area contributed by atoms with Crippen LogP contribution in [0.15, 0.2) is 45.1 Å². The van der Waals surface area contributed by atoms with Crippen molar-refractivity contribution in [1.29, 1.82) is 0 Å². The zero-order chi connectivity index (χ0) is 12.3. The van der Waals surface area contributed by atoms with Gasteiger partial charge in [0.25, 0.3) is 0 Å². The second-order valence-electron chi connectivity index (χ2n) is 3.94. The molecule has 1 aromatic carbocycles. The molecule has 0 saturated heterocycles. The van der Waals surface area contributed by atoms with E-state index in [2.05, 4.69) is 44.1 Å². The minimum absolute atomic E-state index is 0.186. The summed E-state index contributed by atoms with van der Waals surface area (Å²) in [4.78, 5) is 8.41. The lowest BCUT2D eigenvalue weighted by molar-refractivity contribution is 0.737. The van der Waals surface area contributed by atoms with Gasteiger partial charge in [-0.3, -0.25) is 0 Å². The zero-order valence-corrected chi connectivity index (χ0v) is 11.9. The summed E-state index contributed by atoms with van der Waals surface area (Å²) < 4.78 is 1.08. The number of aromatic nitrogens is 2. The van der Waals surface area contributed by atoms with E-state index in [9.17, 15) is 0 Å². The standard InChI is InChI=1S/C12H14BrN3S/c1-8(14)6-9-2-3-11(10(13)7-9)17-12-15-4-5-16-12/h2-5,7-8H,6,14H2,1H3,(H,15,16). The zero-order valence-electron chi connectivity index (χ0n) is 9.48. The van der Waals surface area contributed by atoms with E-state index >= 15 is 0 Å². The summed E-state index contributed by atoms with van der Waals surface area (Å²) in [6, 6.07) is 6.51. The number of nitrogens with zero attached hydrogens (tertiary/aromatic N) is 1.